The van der Waals surface area contributed by atoms with Gasteiger partial charge in [0.2, 0.25) is 0 Å². The van der Waals surface area contributed by atoms with Crippen LogP contribution in [0, 0.1) is 13.8 Å². The van der Waals surface area contributed by atoms with Crippen LogP contribution in [0.5, 0.6) is 0 Å². The van der Waals surface area contributed by atoms with E-state index in [1.54, 1.807) is 25.1 Å². The molecular weight excluding hydrogens is 512 g/mol. The van der Waals surface area contributed by atoms with E-state index in [1.807, 2.05) is 25.1 Å². The number of aryl methyl sites for hydroxylation is 2. The lowest BCUT2D eigenvalue weighted by molar-refractivity contribution is -0.143. The van der Waals surface area contributed by atoms with E-state index in [1.165, 1.54) is 6.20 Å². The standard InChI is InChI=1S/C27H21F6N3O2/c1-15-5-3-4-6-20(15)21-13-23(24-9-16(2)36-38-24)35-14-22(21)25(37)34-8-7-17-10-18(26(28,29)30)12-19(11-17)27(31,32)33/h3-6,9-14H,7-8H2,1-2H3,(H,34,37). The molecule has 198 valence electrons. The van der Waals surface area contributed by atoms with E-state index in [-0.39, 0.29) is 30.2 Å². The fourth-order valence-corrected chi connectivity index (χ4v) is 3.93. The summed E-state index contributed by atoms with van der Waals surface area (Å²) < 4.78 is 84.2. The molecule has 0 bridgehead atoms. The lowest BCUT2D eigenvalue weighted by Crippen LogP contribution is -2.26. The number of pyridine rings is 1. The van der Waals surface area contributed by atoms with Crippen LogP contribution in [0.1, 0.15) is 38.3 Å². The average molecular weight is 533 g/mol. The number of carbonyl (C=O) groups excluding carboxylic acids is 1. The van der Waals surface area contributed by atoms with E-state index >= 15 is 0 Å². The van der Waals surface area contributed by atoms with Crippen molar-refractivity contribution in [2.24, 2.45) is 0 Å². The molecule has 0 radical (unpaired) electrons. The molecule has 38 heavy (non-hydrogen) atoms. The molecule has 0 aliphatic rings. The number of nitrogens with zero attached hydrogens (tertiary/aromatic N) is 2. The number of hydrogen-bond donors (Lipinski definition) is 1. The molecule has 0 saturated carbocycles. The number of nitrogens with one attached hydrogen (secondary N) is 1. The second-order valence-electron chi connectivity index (χ2n) is 8.68. The van der Waals surface area contributed by atoms with Crippen molar-refractivity contribution in [3.8, 4) is 22.6 Å². The molecule has 11 heteroatoms. The van der Waals surface area contributed by atoms with Gasteiger partial charge < -0.3 is 9.84 Å². The minimum absolute atomic E-state index is 0.0693. The van der Waals surface area contributed by atoms with Gasteiger partial charge in [0, 0.05) is 18.8 Å². The number of rotatable bonds is 6. The Balaban J connectivity index is 1.60. The van der Waals surface area contributed by atoms with Crippen LogP contribution >= 0.6 is 0 Å². The molecule has 2 aromatic carbocycles. The molecule has 4 aromatic rings. The summed E-state index contributed by atoms with van der Waals surface area (Å²) in [5.74, 6) is -0.187. The summed E-state index contributed by atoms with van der Waals surface area (Å²) in [6.45, 7) is 3.41. The Kier molecular flexibility index (Phi) is 7.30. The summed E-state index contributed by atoms with van der Waals surface area (Å²) >= 11 is 0. The van der Waals surface area contributed by atoms with Gasteiger partial charge in [0.15, 0.2) is 5.76 Å². The molecule has 0 atom stereocenters. The van der Waals surface area contributed by atoms with Crippen LogP contribution in [-0.2, 0) is 18.8 Å². The molecule has 0 saturated heterocycles. The van der Waals surface area contributed by atoms with Crippen molar-refractivity contribution < 1.29 is 35.7 Å². The molecule has 4 rings (SSSR count). The molecular formula is C27H21F6N3O2. The van der Waals surface area contributed by atoms with Crippen LogP contribution < -0.4 is 5.32 Å². The van der Waals surface area contributed by atoms with Crippen LogP contribution in [0.2, 0.25) is 0 Å². The third-order valence-electron chi connectivity index (χ3n) is 5.81. The molecule has 0 aliphatic heterocycles. The van der Waals surface area contributed by atoms with Crippen molar-refractivity contribution >= 4 is 5.91 Å². The summed E-state index contributed by atoms with van der Waals surface area (Å²) in [5.41, 5.74) is 0.378. The summed E-state index contributed by atoms with van der Waals surface area (Å²) in [6, 6.07) is 12.0. The Bertz CT molecular complexity index is 1440. The van der Waals surface area contributed by atoms with E-state index in [0.29, 0.717) is 34.8 Å². The van der Waals surface area contributed by atoms with Gasteiger partial charge in [-0.3, -0.25) is 9.78 Å². The first-order valence-electron chi connectivity index (χ1n) is 11.4. The van der Waals surface area contributed by atoms with Crippen molar-refractivity contribution in [1.82, 2.24) is 15.5 Å². The van der Waals surface area contributed by atoms with Crippen molar-refractivity contribution in [2.45, 2.75) is 32.6 Å². The molecule has 1 amide bonds. The van der Waals surface area contributed by atoms with E-state index in [0.717, 1.165) is 11.1 Å². The Labute approximate surface area is 213 Å². The highest BCUT2D eigenvalue weighted by molar-refractivity contribution is 6.01. The third-order valence-corrected chi connectivity index (χ3v) is 5.81. The lowest BCUT2D eigenvalue weighted by atomic mass is 9.96. The summed E-state index contributed by atoms with van der Waals surface area (Å²) in [5, 5.41) is 6.43. The Morgan fingerprint density at radius 2 is 1.55 bits per heavy atom. The topological polar surface area (TPSA) is 68.0 Å². The normalized spacial score (nSPS) is 12.0. The Hall–Kier alpha value is -4.15. The fourth-order valence-electron chi connectivity index (χ4n) is 3.93. The van der Waals surface area contributed by atoms with Gasteiger partial charge in [-0.2, -0.15) is 26.3 Å². The van der Waals surface area contributed by atoms with Crippen LogP contribution in [0.4, 0.5) is 26.3 Å². The van der Waals surface area contributed by atoms with Gasteiger partial charge in [-0.05, 0) is 66.8 Å². The number of alkyl halides is 6. The fraction of sp³-hybridized carbons (Fsp3) is 0.222. The zero-order valence-corrected chi connectivity index (χ0v) is 20.2. The molecule has 0 spiro atoms. The van der Waals surface area contributed by atoms with Gasteiger partial charge in [0.1, 0.15) is 5.69 Å². The second-order valence-corrected chi connectivity index (χ2v) is 8.68. The van der Waals surface area contributed by atoms with Gasteiger partial charge in [-0.25, -0.2) is 0 Å². The van der Waals surface area contributed by atoms with Crippen molar-refractivity contribution in [2.75, 3.05) is 6.54 Å². The van der Waals surface area contributed by atoms with Crippen LogP contribution in [0.25, 0.3) is 22.6 Å². The number of hydrogen-bond acceptors (Lipinski definition) is 4. The zero-order chi connectivity index (χ0) is 27.7. The predicted octanol–water partition coefficient (Wildman–Crippen LogP) is 7.03. The number of benzene rings is 2. The highest BCUT2D eigenvalue weighted by atomic mass is 19.4. The summed E-state index contributed by atoms with van der Waals surface area (Å²) in [7, 11) is 0. The lowest BCUT2D eigenvalue weighted by Gasteiger charge is -2.15. The van der Waals surface area contributed by atoms with E-state index in [9.17, 15) is 31.1 Å². The molecule has 5 nitrogen and oxygen atoms in total. The van der Waals surface area contributed by atoms with Crippen LogP contribution in [-0.4, -0.2) is 22.6 Å². The smallest absolute Gasteiger partial charge is 0.354 e. The highest BCUT2D eigenvalue weighted by Crippen LogP contribution is 2.36. The number of aromatic nitrogens is 2. The molecule has 0 unspecified atom stereocenters. The zero-order valence-electron chi connectivity index (χ0n) is 20.2. The largest absolute Gasteiger partial charge is 0.416 e. The maximum absolute atomic E-state index is 13.1. The van der Waals surface area contributed by atoms with Gasteiger partial charge in [-0.15, -0.1) is 0 Å². The summed E-state index contributed by atoms with van der Waals surface area (Å²) in [6.07, 6.45) is -8.80. The minimum Gasteiger partial charge on any atom is -0.354 e. The van der Waals surface area contributed by atoms with E-state index in [4.69, 9.17) is 4.52 Å². The molecule has 0 aliphatic carbocycles. The monoisotopic (exact) mass is 533 g/mol. The number of carbonyl (C=O) groups is 1. The van der Waals surface area contributed by atoms with Crippen molar-refractivity contribution in [3.05, 3.63) is 94.3 Å². The quantitative estimate of drug-likeness (QED) is 0.270. The number of amides is 1. The third kappa shape index (κ3) is 6.04. The second kappa shape index (κ2) is 10.3. The first-order chi connectivity index (χ1) is 17.8. The SMILES string of the molecule is Cc1cc(-c2cc(-c3ccccc3C)c(C(=O)NCCc3cc(C(F)(F)F)cc(C(F)(F)F)c3)cn2)on1. The predicted molar refractivity (Wildman–Crippen MR) is 127 cm³/mol. The van der Waals surface area contributed by atoms with Gasteiger partial charge in [0.05, 0.1) is 22.4 Å². The molecule has 2 aromatic heterocycles. The maximum Gasteiger partial charge on any atom is 0.416 e. The van der Waals surface area contributed by atoms with Gasteiger partial charge in [0.25, 0.3) is 5.91 Å². The summed E-state index contributed by atoms with van der Waals surface area (Å²) in [4.78, 5) is 17.4. The first-order valence-corrected chi connectivity index (χ1v) is 11.4. The van der Waals surface area contributed by atoms with Gasteiger partial charge in [-0.1, -0.05) is 29.4 Å². The van der Waals surface area contributed by atoms with Gasteiger partial charge >= 0.3 is 12.4 Å². The molecule has 1 N–H and O–H groups in total. The Morgan fingerprint density at radius 1 is 0.895 bits per heavy atom. The van der Waals surface area contributed by atoms with Crippen LogP contribution in [0.3, 0.4) is 0 Å². The first kappa shape index (κ1) is 26.9. The number of halogens is 6. The van der Waals surface area contributed by atoms with E-state index < -0.39 is 29.4 Å². The Morgan fingerprint density at radius 3 is 2.13 bits per heavy atom. The minimum atomic E-state index is -4.95. The van der Waals surface area contributed by atoms with E-state index in [2.05, 4.69) is 15.5 Å². The van der Waals surface area contributed by atoms with Crippen molar-refractivity contribution in [3.63, 3.8) is 0 Å². The highest BCUT2D eigenvalue weighted by Gasteiger charge is 2.36. The molecule has 2 heterocycles. The van der Waals surface area contributed by atoms with Crippen molar-refractivity contribution in [1.29, 1.82) is 0 Å². The van der Waals surface area contributed by atoms with Crippen LogP contribution in [0.15, 0.2) is 65.3 Å². The molecule has 0 fully saturated rings. The average Bonchev–Trinajstić information content (AvgIpc) is 3.29. The maximum atomic E-state index is 13.1.